The van der Waals surface area contributed by atoms with Crippen LogP contribution in [0.1, 0.15) is 68.7 Å². The van der Waals surface area contributed by atoms with Gasteiger partial charge < -0.3 is 20.2 Å². The van der Waals surface area contributed by atoms with Crippen molar-refractivity contribution >= 4 is 5.97 Å². The van der Waals surface area contributed by atoms with Gasteiger partial charge in [0.2, 0.25) is 0 Å². The molecule has 0 bridgehead atoms. The zero-order valence-corrected chi connectivity index (χ0v) is 23.2. The molecular formula is C29H43N5O3. The SMILES string of the molecule is CCN(N)/C=C(\N)CCC(c1ccc(C)c(CN2Cc3cnccc3OC(C)(C)C2)c1)C(C)C(=O)OC. The lowest BCUT2D eigenvalue weighted by Crippen LogP contribution is -2.40. The van der Waals surface area contributed by atoms with Gasteiger partial charge in [-0.25, -0.2) is 5.84 Å². The van der Waals surface area contributed by atoms with Gasteiger partial charge in [0.1, 0.15) is 11.4 Å². The van der Waals surface area contributed by atoms with E-state index in [1.165, 1.54) is 18.2 Å². The molecule has 3 rings (SSSR count). The maximum atomic E-state index is 12.6. The van der Waals surface area contributed by atoms with Crippen molar-refractivity contribution in [2.75, 3.05) is 20.2 Å². The van der Waals surface area contributed by atoms with Crippen LogP contribution in [0, 0.1) is 12.8 Å². The number of carbonyl (C=O) groups excluding carboxylic acids is 1. The number of aryl methyl sites for hydroxylation is 1. The summed E-state index contributed by atoms with van der Waals surface area (Å²) in [6, 6.07) is 8.45. The molecule has 0 radical (unpaired) electrons. The molecular weight excluding hydrogens is 466 g/mol. The van der Waals surface area contributed by atoms with Crippen LogP contribution in [0.15, 0.2) is 48.6 Å². The number of carbonyl (C=O) groups is 1. The Bertz CT molecular complexity index is 1100. The maximum absolute atomic E-state index is 12.6. The molecule has 202 valence electrons. The molecule has 8 heteroatoms. The summed E-state index contributed by atoms with van der Waals surface area (Å²) in [5, 5.41) is 1.57. The van der Waals surface area contributed by atoms with Gasteiger partial charge in [-0.05, 0) is 69.2 Å². The van der Waals surface area contributed by atoms with Crippen molar-refractivity contribution in [1.29, 1.82) is 0 Å². The number of ether oxygens (including phenoxy) is 2. The van der Waals surface area contributed by atoms with Gasteiger partial charge in [0.15, 0.2) is 0 Å². The van der Waals surface area contributed by atoms with E-state index < -0.39 is 0 Å². The van der Waals surface area contributed by atoms with E-state index >= 15 is 0 Å². The molecule has 4 N–H and O–H groups in total. The second-order valence-electron chi connectivity index (χ2n) is 10.7. The van der Waals surface area contributed by atoms with Crippen LogP contribution >= 0.6 is 0 Å². The highest BCUT2D eigenvalue weighted by Crippen LogP contribution is 2.34. The Morgan fingerprint density at radius 1 is 1.35 bits per heavy atom. The third-order valence-corrected chi connectivity index (χ3v) is 7.06. The summed E-state index contributed by atoms with van der Waals surface area (Å²) in [6.07, 6.45) is 6.76. The maximum Gasteiger partial charge on any atom is 0.308 e. The van der Waals surface area contributed by atoms with E-state index in [1.54, 1.807) is 17.4 Å². The smallest absolute Gasteiger partial charge is 0.308 e. The predicted molar refractivity (Wildman–Crippen MR) is 146 cm³/mol. The van der Waals surface area contributed by atoms with Gasteiger partial charge in [-0.2, -0.15) is 0 Å². The van der Waals surface area contributed by atoms with Crippen LogP contribution in [0.2, 0.25) is 0 Å². The number of fused-ring (bicyclic) bond motifs is 1. The zero-order chi connectivity index (χ0) is 27.2. The highest BCUT2D eigenvalue weighted by atomic mass is 16.5. The van der Waals surface area contributed by atoms with E-state index in [-0.39, 0.29) is 23.4 Å². The van der Waals surface area contributed by atoms with E-state index in [0.29, 0.717) is 25.1 Å². The van der Waals surface area contributed by atoms with Crippen molar-refractivity contribution < 1.29 is 14.3 Å². The topological polar surface area (TPSA) is 107 Å². The van der Waals surface area contributed by atoms with Crippen LogP contribution in [0.25, 0.3) is 0 Å². The van der Waals surface area contributed by atoms with Gasteiger partial charge in [-0.1, -0.05) is 25.1 Å². The summed E-state index contributed by atoms with van der Waals surface area (Å²) in [5.74, 6) is 6.21. The molecule has 0 aliphatic carbocycles. The lowest BCUT2D eigenvalue weighted by atomic mass is 9.82. The number of methoxy groups -OCH3 is 1. The van der Waals surface area contributed by atoms with E-state index in [1.807, 2.05) is 26.1 Å². The molecule has 1 aliphatic heterocycles. The minimum absolute atomic E-state index is 0.0413. The minimum Gasteiger partial charge on any atom is -0.486 e. The van der Waals surface area contributed by atoms with Gasteiger partial charge in [0.05, 0.1) is 13.0 Å². The van der Waals surface area contributed by atoms with Crippen LogP contribution in [0.4, 0.5) is 0 Å². The molecule has 0 fully saturated rings. The third-order valence-electron chi connectivity index (χ3n) is 7.06. The summed E-state index contributed by atoms with van der Waals surface area (Å²) < 4.78 is 11.4. The first kappa shape index (κ1) is 28.5. The summed E-state index contributed by atoms with van der Waals surface area (Å²) in [7, 11) is 1.44. The van der Waals surface area contributed by atoms with Crippen LogP contribution in [-0.4, -0.2) is 46.7 Å². The molecule has 37 heavy (non-hydrogen) atoms. The lowest BCUT2D eigenvalue weighted by molar-refractivity contribution is -0.145. The quantitative estimate of drug-likeness (QED) is 0.278. The fourth-order valence-corrected chi connectivity index (χ4v) is 4.99. The summed E-state index contributed by atoms with van der Waals surface area (Å²) in [5.41, 5.74) is 11.2. The fraction of sp³-hybridized carbons (Fsp3) is 0.517. The number of hydrazine groups is 1. The Kier molecular flexibility index (Phi) is 9.56. The third kappa shape index (κ3) is 7.69. The Labute approximate surface area is 221 Å². The van der Waals surface area contributed by atoms with E-state index in [4.69, 9.17) is 21.1 Å². The van der Waals surface area contributed by atoms with Crippen LogP contribution < -0.4 is 16.3 Å². The van der Waals surface area contributed by atoms with Crippen molar-refractivity contribution in [1.82, 2.24) is 14.9 Å². The average Bonchev–Trinajstić information content (AvgIpc) is 2.98. The minimum atomic E-state index is -0.334. The summed E-state index contributed by atoms with van der Waals surface area (Å²) >= 11 is 0. The number of hydrogen-bond donors (Lipinski definition) is 2. The Morgan fingerprint density at radius 2 is 2.11 bits per heavy atom. The van der Waals surface area contributed by atoms with E-state index in [0.717, 1.165) is 36.5 Å². The molecule has 8 nitrogen and oxygen atoms in total. The highest BCUT2D eigenvalue weighted by Gasteiger charge is 2.30. The fourth-order valence-electron chi connectivity index (χ4n) is 4.99. The van der Waals surface area contributed by atoms with Gasteiger partial charge in [0, 0.05) is 56.0 Å². The highest BCUT2D eigenvalue weighted by molar-refractivity contribution is 5.73. The Hall–Kier alpha value is -3.10. The predicted octanol–water partition coefficient (Wildman–Crippen LogP) is 4.23. The van der Waals surface area contributed by atoms with Crippen LogP contribution in [0.3, 0.4) is 0 Å². The molecule has 2 atom stereocenters. The van der Waals surface area contributed by atoms with Crippen molar-refractivity contribution in [2.24, 2.45) is 17.5 Å². The first-order valence-corrected chi connectivity index (χ1v) is 13.0. The number of aromatic nitrogens is 1. The Morgan fingerprint density at radius 3 is 2.81 bits per heavy atom. The molecule has 0 spiro atoms. The number of hydrogen-bond acceptors (Lipinski definition) is 8. The van der Waals surface area contributed by atoms with E-state index in [2.05, 4.69) is 48.9 Å². The number of rotatable bonds is 10. The van der Waals surface area contributed by atoms with Gasteiger partial charge >= 0.3 is 5.97 Å². The zero-order valence-electron chi connectivity index (χ0n) is 23.2. The molecule has 0 saturated carbocycles. The molecule has 1 aromatic carbocycles. The van der Waals surface area contributed by atoms with E-state index in [9.17, 15) is 4.79 Å². The molecule has 0 saturated heterocycles. The van der Waals surface area contributed by atoms with Crippen molar-refractivity contribution in [2.45, 2.75) is 72.1 Å². The summed E-state index contributed by atoms with van der Waals surface area (Å²) in [6.45, 7) is 13.2. The number of allylic oxidation sites excluding steroid dienone is 1. The van der Waals surface area contributed by atoms with Crippen LogP contribution in [0.5, 0.6) is 5.75 Å². The molecule has 1 aromatic heterocycles. The van der Waals surface area contributed by atoms with Crippen molar-refractivity contribution in [3.05, 3.63) is 70.8 Å². The summed E-state index contributed by atoms with van der Waals surface area (Å²) in [4.78, 5) is 19.3. The second-order valence-corrected chi connectivity index (χ2v) is 10.7. The van der Waals surface area contributed by atoms with Gasteiger partial charge in [-0.3, -0.25) is 14.7 Å². The molecule has 2 unspecified atom stereocenters. The normalized spacial score (nSPS) is 17.2. The molecule has 2 heterocycles. The number of esters is 1. The molecule has 0 amide bonds. The monoisotopic (exact) mass is 509 g/mol. The number of benzene rings is 1. The first-order valence-electron chi connectivity index (χ1n) is 13.0. The van der Waals surface area contributed by atoms with Crippen molar-refractivity contribution in [3.8, 4) is 5.75 Å². The number of nitrogens with two attached hydrogens (primary N) is 2. The second kappa shape index (κ2) is 12.4. The number of nitrogens with zero attached hydrogens (tertiary/aromatic N) is 3. The van der Waals surface area contributed by atoms with Crippen LogP contribution in [-0.2, 0) is 22.6 Å². The Balaban J connectivity index is 1.87. The molecule has 2 aromatic rings. The largest absolute Gasteiger partial charge is 0.486 e. The first-order chi connectivity index (χ1) is 17.5. The average molecular weight is 510 g/mol. The van der Waals surface area contributed by atoms with Gasteiger partial charge in [-0.15, -0.1) is 0 Å². The standard InChI is InChI=1S/C29H43N5O3/c1-7-34(31)18-25(30)10-11-26(21(3)28(35)36-6)22-9-8-20(2)23(14-22)16-33-17-24-15-32-13-12-27(24)37-29(4,5)19-33/h8-9,12-15,18,21,26H,7,10-11,16-17,19,30-31H2,1-6H3/b25-18-. The molecule has 1 aliphatic rings. The van der Waals surface area contributed by atoms with Crippen molar-refractivity contribution in [3.63, 3.8) is 0 Å². The number of pyridine rings is 1. The lowest BCUT2D eigenvalue weighted by Gasteiger charge is -2.30. The van der Waals surface area contributed by atoms with Gasteiger partial charge in [0.25, 0.3) is 0 Å².